The minimum Gasteiger partial charge on any atom is -0.378 e. The summed E-state index contributed by atoms with van der Waals surface area (Å²) in [5.74, 6) is -0.159. The summed E-state index contributed by atoms with van der Waals surface area (Å²) in [5, 5.41) is 0.125. The van der Waals surface area contributed by atoms with Crippen molar-refractivity contribution in [3.63, 3.8) is 0 Å². The first-order valence-corrected chi connectivity index (χ1v) is 4.75. The van der Waals surface area contributed by atoms with Crippen molar-refractivity contribution >= 4 is 22.8 Å². The molecule has 13 heavy (non-hydrogen) atoms. The molecule has 0 bridgehead atoms. The minimum absolute atomic E-state index is 0.159. The minimum atomic E-state index is -0.235. The van der Waals surface area contributed by atoms with Gasteiger partial charge in [-0.1, -0.05) is 42.1 Å². The second-order valence-electron chi connectivity index (χ2n) is 2.70. The Bertz CT molecular complexity index is 361. The molecule has 2 rings (SSSR count). The fraction of sp³-hybridized carbons (Fsp3) is 0.111. The molecular formula is C9H8N2OS. The number of hydrogen-bond donors (Lipinski definition) is 1. The average Bonchev–Trinajstić information content (AvgIpc) is 2.47. The Kier molecular flexibility index (Phi) is 2.06. The van der Waals surface area contributed by atoms with Crippen LogP contribution in [0.3, 0.4) is 0 Å². The van der Waals surface area contributed by atoms with E-state index in [-0.39, 0.29) is 11.2 Å². The third-order valence-electron chi connectivity index (χ3n) is 1.79. The van der Waals surface area contributed by atoms with Crippen LogP contribution in [-0.4, -0.2) is 11.1 Å². The molecule has 1 aromatic rings. The first kappa shape index (κ1) is 8.31. The highest BCUT2D eigenvalue weighted by atomic mass is 32.2. The van der Waals surface area contributed by atoms with Gasteiger partial charge in [-0.25, -0.2) is 0 Å². The van der Waals surface area contributed by atoms with Crippen LogP contribution >= 0.6 is 11.8 Å². The normalized spacial score (nSPS) is 21.7. The van der Waals surface area contributed by atoms with E-state index in [0.717, 1.165) is 5.56 Å². The van der Waals surface area contributed by atoms with Gasteiger partial charge in [0.2, 0.25) is 0 Å². The number of rotatable bonds is 1. The van der Waals surface area contributed by atoms with E-state index in [9.17, 15) is 4.79 Å². The second kappa shape index (κ2) is 3.22. The smallest absolute Gasteiger partial charge is 0.266 e. The van der Waals surface area contributed by atoms with Gasteiger partial charge < -0.3 is 5.73 Å². The number of hydrogen-bond acceptors (Lipinski definition) is 3. The molecule has 1 heterocycles. The third kappa shape index (κ3) is 1.58. The maximum atomic E-state index is 11.3. The Morgan fingerprint density at radius 3 is 2.54 bits per heavy atom. The number of amides is 1. The number of aliphatic imine (C=N–C) groups is 1. The Balaban J connectivity index is 2.26. The van der Waals surface area contributed by atoms with Gasteiger partial charge in [-0.15, -0.1) is 0 Å². The quantitative estimate of drug-likeness (QED) is 0.730. The van der Waals surface area contributed by atoms with E-state index < -0.39 is 0 Å². The first-order chi connectivity index (χ1) is 6.27. The van der Waals surface area contributed by atoms with Crippen molar-refractivity contribution in [3.8, 4) is 0 Å². The largest absolute Gasteiger partial charge is 0.378 e. The van der Waals surface area contributed by atoms with Crippen LogP contribution in [0.5, 0.6) is 0 Å². The molecule has 1 atom stereocenters. The van der Waals surface area contributed by atoms with Gasteiger partial charge in [-0.2, -0.15) is 4.99 Å². The average molecular weight is 192 g/mol. The molecule has 1 amide bonds. The molecule has 2 N–H and O–H groups in total. The Morgan fingerprint density at radius 1 is 1.31 bits per heavy atom. The van der Waals surface area contributed by atoms with E-state index in [2.05, 4.69) is 4.99 Å². The number of thioether (sulfide) groups is 1. The van der Waals surface area contributed by atoms with E-state index in [1.165, 1.54) is 11.8 Å². The van der Waals surface area contributed by atoms with E-state index in [4.69, 9.17) is 5.73 Å². The second-order valence-corrected chi connectivity index (χ2v) is 3.82. The topological polar surface area (TPSA) is 55.4 Å². The first-order valence-electron chi connectivity index (χ1n) is 3.87. The molecule has 0 saturated carbocycles. The molecule has 3 nitrogen and oxygen atoms in total. The number of nitrogens with zero attached hydrogens (tertiary/aromatic N) is 1. The molecule has 0 fully saturated rings. The summed E-state index contributed by atoms with van der Waals surface area (Å²) >= 11 is 1.30. The lowest BCUT2D eigenvalue weighted by Gasteiger charge is -2.04. The zero-order valence-corrected chi connectivity index (χ0v) is 7.62. The maximum Gasteiger partial charge on any atom is 0.266 e. The van der Waals surface area contributed by atoms with Crippen LogP contribution in [0, 0.1) is 0 Å². The van der Waals surface area contributed by atoms with Gasteiger partial charge in [0.1, 0.15) is 5.25 Å². The zero-order valence-electron chi connectivity index (χ0n) is 6.81. The van der Waals surface area contributed by atoms with Crippen LogP contribution in [0.15, 0.2) is 35.3 Å². The summed E-state index contributed by atoms with van der Waals surface area (Å²) in [5.41, 5.74) is 6.40. The van der Waals surface area contributed by atoms with E-state index in [1.54, 1.807) is 0 Å². The lowest BCUT2D eigenvalue weighted by Crippen LogP contribution is -2.02. The number of carbonyl (C=O) groups is 1. The zero-order chi connectivity index (χ0) is 9.26. The number of carbonyl (C=O) groups excluding carboxylic acids is 1. The van der Waals surface area contributed by atoms with Crippen molar-refractivity contribution in [2.75, 3.05) is 0 Å². The predicted octanol–water partition coefficient (Wildman–Crippen LogP) is 1.32. The molecule has 0 unspecified atom stereocenters. The van der Waals surface area contributed by atoms with Crippen molar-refractivity contribution < 1.29 is 4.79 Å². The van der Waals surface area contributed by atoms with Crippen molar-refractivity contribution in [2.24, 2.45) is 10.7 Å². The van der Waals surface area contributed by atoms with Crippen LogP contribution in [0.1, 0.15) is 10.8 Å². The fourth-order valence-electron chi connectivity index (χ4n) is 1.20. The van der Waals surface area contributed by atoms with Crippen LogP contribution < -0.4 is 5.73 Å². The van der Waals surface area contributed by atoms with E-state index >= 15 is 0 Å². The lowest BCUT2D eigenvalue weighted by molar-refractivity contribution is -0.117. The summed E-state index contributed by atoms with van der Waals surface area (Å²) in [4.78, 5) is 15.0. The van der Waals surface area contributed by atoms with Gasteiger partial charge >= 0.3 is 0 Å². The maximum absolute atomic E-state index is 11.3. The third-order valence-corrected chi connectivity index (χ3v) is 2.83. The van der Waals surface area contributed by atoms with Gasteiger partial charge in [0.15, 0.2) is 5.17 Å². The molecule has 66 valence electrons. The molecule has 0 saturated heterocycles. The molecular weight excluding hydrogens is 184 g/mol. The molecule has 4 heteroatoms. The van der Waals surface area contributed by atoms with Crippen LogP contribution in [-0.2, 0) is 4.79 Å². The van der Waals surface area contributed by atoms with Crippen LogP contribution in [0.25, 0.3) is 0 Å². The molecule has 0 radical (unpaired) electrons. The summed E-state index contributed by atoms with van der Waals surface area (Å²) < 4.78 is 0. The summed E-state index contributed by atoms with van der Waals surface area (Å²) in [7, 11) is 0. The van der Waals surface area contributed by atoms with Gasteiger partial charge in [0, 0.05) is 0 Å². The molecule has 0 aromatic heterocycles. The van der Waals surface area contributed by atoms with Crippen LogP contribution in [0.4, 0.5) is 0 Å². The van der Waals surface area contributed by atoms with Gasteiger partial charge in [0.05, 0.1) is 0 Å². The van der Waals surface area contributed by atoms with Crippen molar-refractivity contribution in [1.29, 1.82) is 0 Å². The van der Waals surface area contributed by atoms with Gasteiger partial charge in [0.25, 0.3) is 5.91 Å². The fourth-order valence-corrected chi connectivity index (χ4v) is 2.03. The van der Waals surface area contributed by atoms with Gasteiger partial charge in [-0.3, -0.25) is 4.79 Å². The van der Waals surface area contributed by atoms with Crippen molar-refractivity contribution in [2.45, 2.75) is 5.25 Å². The molecule has 1 aliphatic rings. The summed E-state index contributed by atoms with van der Waals surface area (Å²) in [6, 6.07) is 9.53. The summed E-state index contributed by atoms with van der Waals surface area (Å²) in [6.07, 6.45) is 0. The van der Waals surface area contributed by atoms with Crippen LogP contribution in [0.2, 0.25) is 0 Å². The standard InChI is InChI=1S/C9H8N2OS/c10-9-11-8(12)7(13-9)6-4-2-1-3-5-6/h1-5,7H,(H2,10,11,12)/t7-/m0/s1. The molecule has 0 spiro atoms. The lowest BCUT2D eigenvalue weighted by atomic mass is 10.1. The summed E-state index contributed by atoms with van der Waals surface area (Å²) in [6.45, 7) is 0. The van der Waals surface area contributed by atoms with Crippen molar-refractivity contribution in [3.05, 3.63) is 35.9 Å². The predicted molar refractivity (Wildman–Crippen MR) is 53.4 cm³/mol. The highest BCUT2D eigenvalue weighted by Gasteiger charge is 2.27. The van der Waals surface area contributed by atoms with E-state index in [0.29, 0.717) is 5.17 Å². The van der Waals surface area contributed by atoms with Crippen molar-refractivity contribution in [1.82, 2.24) is 0 Å². The highest BCUT2D eigenvalue weighted by molar-refractivity contribution is 8.15. The number of nitrogens with two attached hydrogens (primary N) is 1. The van der Waals surface area contributed by atoms with E-state index in [1.807, 2.05) is 30.3 Å². The molecule has 1 aromatic carbocycles. The Labute approximate surface area is 80.0 Å². The molecule has 0 aliphatic carbocycles. The number of amidine groups is 1. The Morgan fingerprint density at radius 2 is 2.00 bits per heavy atom. The SMILES string of the molecule is NC1=NC(=O)[C@H](c2ccccc2)S1. The van der Waals surface area contributed by atoms with Gasteiger partial charge in [-0.05, 0) is 5.56 Å². The molecule has 1 aliphatic heterocycles. The monoisotopic (exact) mass is 192 g/mol. The Hall–Kier alpha value is -1.29. The highest BCUT2D eigenvalue weighted by Crippen LogP contribution is 2.34. The number of benzene rings is 1.